The van der Waals surface area contributed by atoms with Gasteiger partial charge in [-0.1, -0.05) is 15.9 Å². The Balaban J connectivity index is 2.54. The van der Waals surface area contributed by atoms with E-state index in [2.05, 4.69) is 20.1 Å². The van der Waals surface area contributed by atoms with Gasteiger partial charge in [0.15, 0.2) is 0 Å². The van der Waals surface area contributed by atoms with Gasteiger partial charge in [-0.2, -0.15) is 13.2 Å². The van der Waals surface area contributed by atoms with E-state index in [1.807, 2.05) is 0 Å². The Kier molecular flexibility index (Phi) is 4.34. The molecule has 0 aliphatic carbocycles. The number of halogens is 4. The fourth-order valence-electron chi connectivity index (χ4n) is 0.606. The second-order valence-electron chi connectivity index (χ2n) is 2.15. The lowest BCUT2D eigenvalue weighted by molar-refractivity contribution is 0.266. The van der Waals surface area contributed by atoms with Gasteiger partial charge in [-0.3, -0.25) is 0 Å². The van der Waals surface area contributed by atoms with Crippen molar-refractivity contribution in [2.45, 2.75) is 4.90 Å². The molecule has 1 rings (SSSR count). The topological polar surface area (TPSA) is 9.23 Å². The Morgan fingerprint density at radius 1 is 1.14 bits per heavy atom. The van der Waals surface area contributed by atoms with Crippen molar-refractivity contribution in [3.8, 4) is 0 Å². The Morgan fingerprint density at radius 3 is 2.21 bits per heavy atom. The standard InChI is InChI=1S/C8H4BrF3OS/c9-5-1-3-6(4-2-5)14-13-8(12)7(10)11/h1-4H. The van der Waals surface area contributed by atoms with Crippen molar-refractivity contribution in [3.05, 3.63) is 40.8 Å². The lowest BCUT2D eigenvalue weighted by atomic mass is 10.4. The summed E-state index contributed by atoms with van der Waals surface area (Å²) in [6.07, 6.45) is -2.46. The predicted octanol–water partition coefficient (Wildman–Crippen LogP) is 4.51. The minimum Gasteiger partial charge on any atom is -0.387 e. The quantitative estimate of drug-likeness (QED) is 0.597. The van der Waals surface area contributed by atoms with Gasteiger partial charge in [0.2, 0.25) is 0 Å². The van der Waals surface area contributed by atoms with Crippen molar-refractivity contribution in [3.63, 3.8) is 0 Å². The first-order chi connectivity index (χ1) is 6.59. The Hall–Kier alpha value is -0.620. The molecular weight excluding hydrogens is 281 g/mol. The van der Waals surface area contributed by atoms with Crippen LogP contribution in [0.2, 0.25) is 0 Å². The predicted molar refractivity (Wildman–Crippen MR) is 51.4 cm³/mol. The summed E-state index contributed by atoms with van der Waals surface area (Å²) in [5.41, 5.74) is 0. The van der Waals surface area contributed by atoms with Crippen LogP contribution in [0.4, 0.5) is 13.2 Å². The third-order valence-corrected chi connectivity index (χ3v) is 2.40. The fraction of sp³-hybridized carbons (Fsp3) is 0. The maximum Gasteiger partial charge on any atom is 0.351 e. The molecule has 0 fully saturated rings. The van der Waals surface area contributed by atoms with Crippen LogP contribution in [-0.4, -0.2) is 0 Å². The third kappa shape index (κ3) is 3.63. The van der Waals surface area contributed by atoms with E-state index in [4.69, 9.17) is 0 Å². The fourth-order valence-corrected chi connectivity index (χ4v) is 1.35. The largest absolute Gasteiger partial charge is 0.387 e. The lowest BCUT2D eigenvalue weighted by Gasteiger charge is -1.99. The first-order valence-corrected chi connectivity index (χ1v) is 4.94. The van der Waals surface area contributed by atoms with Gasteiger partial charge in [0.05, 0.1) is 12.0 Å². The SMILES string of the molecule is FC(F)=C(F)OSc1ccc(Br)cc1. The van der Waals surface area contributed by atoms with Crippen molar-refractivity contribution < 1.29 is 17.4 Å². The third-order valence-electron chi connectivity index (χ3n) is 1.17. The van der Waals surface area contributed by atoms with Crippen LogP contribution in [0.1, 0.15) is 0 Å². The molecule has 0 saturated heterocycles. The van der Waals surface area contributed by atoms with Gasteiger partial charge in [-0.15, -0.1) is 0 Å². The molecule has 14 heavy (non-hydrogen) atoms. The van der Waals surface area contributed by atoms with Gasteiger partial charge in [-0.05, 0) is 24.3 Å². The number of rotatable bonds is 3. The second-order valence-corrected chi connectivity index (χ2v) is 3.88. The molecule has 0 heterocycles. The summed E-state index contributed by atoms with van der Waals surface area (Å²) >= 11 is 3.73. The Bertz CT molecular complexity index is 335. The summed E-state index contributed by atoms with van der Waals surface area (Å²) in [4.78, 5) is 0.532. The van der Waals surface area contributed by atoms with E-state index in [-0.39, 0.29) is 0 Å². The zero-order chi connectivity index (χ0) is 10.6. The van der Waals surface area contributed by atoms with Gasteiger partial charge < -0.3 is 4.18 Å². The van der Waals surface area contributed by atoms with Gasteiger partial charge >= 0.3 is 12.1 Å². The minimum absolute atomic E-state index is 0.532. The van der Waals surface area contributed by atoms with Crippen LogP contribution in [-0.2, 0) is 4.18 Å². The zero-order valence-corrected chi connectivity index (χ0v) is 9.04. The van der Waals surface area contributed by atoms with Gasteiger partial charge in [0.1, 0.15) is 0 Å². The molecule has 0 atom stereocenters. The molecule has 0 saturated carbocycles. The molecule has 0 aliphatic rings. The summed E-state index contributed by atoms with van der Waals surface area (Å²) in [5, 5.41) is 0. The van der Waals surface area contributed by atoms with E-state index in [0.717, 1.165) is 4.47 Å². The average Bonchev–Trinajstić information content (AvgIpc) is 2.16. The van der Waals surface area contributed by atoms with E-state index >= 15 is 0 Å². The van der Waals surface area contributed by atoms with E-state index in [9.17, 15) is 13.2 Å². The highest BCUT2D eigenvalue weighted by Crippen LogP contribution is 2.26. The summed E-state index contributed by atoms with van der Waals surface area (Å²) in [6.45, 7) is 0. The van der Waals surface area contributed by atoms with Crippen LogP contribution < -0.4 is 0 Å². The first kappa shape index (κ1) is 11.5. The van der Waals surface area contributed by atoms with Gasteiger partial charge in [0, 0.05) is 9.37 Å². The van der Waals surface area contributed by atoms with Crippen LogP contribution >= 0.6 is 28.0 Å². The molecule has 0 spiro atoms. The number of hydrogen-bond acceptors (Lipinski definition) is 2. The summed E-state index contributed by atoms with van der Waals surface area (Å²) in [7, 11) is 0. The van der Waals surface area contributed by atoms with Gasteiger partial charge in [-0.25, -0.2) is 0 Å². The molecular formula is C8H4BrF3OS. The summed E-state index contributed by atoms with van der Waals surface area (Å²) < 4.78 is 40.2. The average molecular weight is 285 g/mol. The highest BCUT2D eigenvalue weighted by atomic mass is 79.9. The van der Waals surface area contributed by atoms with Gasteiger partial charge in [0.25, 0.3) is 0 Å². The highest BCUT2D eigenvalue weighted by Gasteiger charge is 2.07. The molecule has 1 aromatic rings. The first-order valence-electron chi connectivity index (χ1n) is 3.40. The maximum absolute atomic E-state index is 12.2. The van der Waals surface area contributed by atoms with Crippen molar-refractivity contribution in [1.29, 1.82) is 0 Å². The highest BCUT2D eigenvalue weighted by molar-refractivity contribution is 9.10. The molecule has 0 amide bonds. The van der Waals surface area contributed by atoms with Crippen LogP contribution in [0.3, 0.4) is 0 Å². The molecule has 0 aromatic heterocycles. The smallest absolute Gasteiger partial charge is 0.351 e. The Labute approximate surface area is 91.3 Å². The second kappa shape index (κ2) is 5.31. The van der Waals surface area contributed by atoms with Crippen LogP contribution in [0, 0.1) is 0 Å². The van der Waals surface area contributed by atoms with Crippen molar-refractivity contribution in [2.75, 3.05) is 0 Å². The number of hydrogen-bond donors (Lipinski definition) is 0. The summed E-state index contributed by atoms with van der Waals surface area (Å²) in [6, 6.07) is 4.74. The molecule has 6 heteroatoms. The molecule has 0 aliphatic heterocycles. The summed E-state index contributed by atoms with van der Waals surface area (Å²) in [5.74, 6) is 0. The van der Waals surface area contributed by atoms with Crippen molar-refractivity contribution in [1.82, 2.24) is 0 Å². The van der Waals surface area contributed by atoms with E-state index in [1.54, 1.807) is 24.3 Å². The minimum atomic E-state index is -2.46. The zero-order valence-electron chi connectivity index (χ0n) is 6.64. The van der Waals surface area contributed by atoms with Crippen LogP contribution in [0.25, 0.3) is 0 Å². The molecule has 0 N–H and O–H groups in total. The monoisotopic (exact) mass is 284 g/mol. The van der Waals surface area contributed by atoms with E-state index in [1.165, 1.54) is 0 Å². The van der Waals surface area contributed by atoms with Crippen molar-refractivity contribution >= 4 is 28.0 Å². The number of benzene rings is 1. The van der Waals surface area contributed by atoms with Crippen LogP contribution in [0.15, 0.2) is 45.7 Å². The molecule has 76 valence electrons. The molecule has 0 bridgehead atoms. The molecule has 0 unspecified atom stereocenters. The Morgan fingerprint density at radius 2 is 1.71 bits per heavy atom. The normalized spacial score (nSPS) is 9.71. The van der Waals surface area contributed by atoms with E-state index < -0.39 is 12.1 Å². The molecule has 1 nitrogen and oxygen atoms in total. The lowest BCUT2D eigenvalue weighted by Crippen LogP contribution is -1.78. The van der Waals surface area contributed by atoms with E-state index in [0.29, 0.717) is 16.9 Å². The maximum atomic E-state index is 12.2. The van der Waals surface area contributed by atoms with Crippen LogP contribution in [0.5, 0.6) is 0 Å². The molecule has 1 aromatic carbocycles. The molecule has 0 radical (unpaired) electrons. The van der Waals surface area contributed by atoms with Crippen molar-refractivity contribution in [2.24, 2.45) is 0 Å².